The largest absolute Gasteiger partial charge is 0.467 e. The van der Waals surface area contributed by atoms with Gasteiger partial charge < -0.3 is 43.0 Å². The van der Waals surface area contributed by atoms with Gasteiger partial charge in [-0.2, -0.15) is 10.4 Å². The first kappa shape index (κ1) is 48.8. The Kier molecular flexibility index (Phi) is 15.7. The van der Waals surface area contributed by atoms with Crippen LogP contribution in [0.3, 0.4) is 0 Å². The van der Waals surface area contributed by atoms with Crippen LogP contribution in [0.1, 0.15) is 64.5 Å². The number of likely N-dealkylation sites (N-methyl/N-ethyl adjacent to an activating group) is 2. The van der Waals surface area contributed by atoms with Gasteiger partial charge in [0.2, 0.25) is 12.4 Å². The molecule has 1 saturated carbocycles. The van der Waals surface area contributed by atoms with Crippen LogP contribution in [0.25, 0.3) is 22.3 Å². The summed E-state index contributed by atoms with van der Waals surface area (Å²) in [6, 6.07) is 7.07. The van der Waals surface area contributed by atoms with Gasteiger partial charge in [-0.15, -0.1) is 0 Å². The third-order valence-electron chi connectivity index (χ3n) is 11.2. The number of benzene rings is 1. The van der Waals surface area contributed by atoms with E-state index in [4.69, 9.17) is 33.2 Å². The average molecular weight is 932 g/mol. The fourth-order valence-electron chi connectivity index (χ4n) is 8.01. The molecule has 67 heavy (non-hydrogen) atoms. The lowest BCUT2D eigenvalue weighted by Crippen LogP contribution is -2.64. The summed E-state index contributed by atoms with van der Waals surface area (Å²) >= 11 is 0. The number of aromatic nitrogens is 5. The van der Waals surface area contributed by atoms with Crippen molar-refractivity contribution in [3.63, 3.8) is 0 Å². The van der Waals surface area contributed by atoms with E-state index in [0.717, 1.165) is 71.3 Å². The Morgan fingerprint density at radius 2 is 1.63 bits per heavy atom. The Morgan fingerprint density at radius 1 is 0.955 bits per heavy atom. The molecule has 0 radical (unpaired) electrons. The Hall–Kier alpha value is -7.68. The summed E-state index contributed by atoms with van der Waals surface area (Å²) in [4.78, 5) is 98.7. The minimum absolute atomic E-state index is 0.0293. The molecule has 0 spiro atoms. The standard InChI is InChI=1S/C43H49N9O15/c1-24(53)63-35-36(64-25(2)54)38(65-26(3)55)41(67-37(35)40(56)61-6)66-33-12-11-27(19-32(33)52(59)60)22-62-43(58)49(5)18-17-48(4)42(57)50-16-14-30-34(45-23-46-39(30)50)29-20-47-51(21-29)31(13-15-44)28-9-7-8-10-28/h11-12,14,16,19-21,23,28,31,35-38,41H,7-10,13,17-18,22H2,1-6H3/t31?,35-,36-,37-,38+,41+/m0/s1. The molecular weight excluding hydrogens is 883 g/mol. The Bertz CT molecular complexity index is 2550. The zero-order valence-corrected chi connectivity index (χ0v) is 37.5. The fourth-order valence-corrected chi connectivity index (χ4v) is 8.01. The first-order valence-corrected chi connectivity index (χ1v) is 21.1. The van der Waals surface area contributed by atoms with E-state index in [9.17, 15) is 44.1 Å². The number of ether oxygens (including phenoxy) is 7. The van der Waals surface area contributed by atoms with Crippen LogP contribution in [0, 0.1) is 27.4 Å². The summed E-state index contributed by atoms with van der Waals surface area (Å²) in [6.45, 7) is 2.68. The van der Waals surface area contributed by atoms with E-state index in [0.29, 0.717) is 29.1 Å². The van der Waals surface area contributed by atoms with Crippen molar-refractivity contribution in [1.82, 2.24) is 34.1 Å². The second-order valence-electron chi connectivity index (χ2n) is 15.9. The van der Waals surface area contributed by atoms with Crippen molar-refractivity contribution in [2.75, 3.05) is 34.3 Å². The number of methoxy groups -OCH3 is 1. The number of nitro benzene ring substituents is 1. The number of fused-ring (bicyclic) bond motifs is 1. The molecule has 24 nitrogen and oxygen atoms in total. The number of nitriles is 1. The monoisotopic (exact) mass is 931 g/mol. The van der Waals surface area contributed by atoms with Crippen LogP contribution in [-0.4, -0.2) is 140 Å². The molecule has 3 aromatic heterocycles. The fraction of sp³-hybridized carbons (Fsp3) is 0.488. The number of carbonyl (C=O) groups excluding carboxylic acids is 6. The van der Waals surface area contributed by atoms with Crippen LogP contribution < -0.4 is 4.74 Å². The van der Waals surface area contributed by atoms with E-state index >= 15 is 0 Å². The van der Waals surface area contributed by atoms with Crippen LogP contribution in [0.5, 0.6) is 5.75 Å². The Morgan fingerprint density at radius 3 is 2.28 bits per heavy atom. The van der Waals surface area contributed by atoms with Gasteiger partial charge in [-0.1, -0.05) is 18.9 Å². The van der Waals surface area contributed by atoms with Gasteiger partial charge in [-0.25, -0.2) is 24.4 Å². The van der Waals surface area contributed by atoms with Crippen LogP contribution in [0.15, 0.2) is 49.2 Å². The summed E-state index contributed by atoms with van der Waals surface area (Å²) in [7, 11) is 4.00. The first-order chi connectivity index (χ1) is 32.0. The molecule has 0 N–H and O–H groups in total. The van der Waals surface area contributed by atoms with Crippen molar-refractivity contribution in [2.45, 2.75) is 96.2 Å². The van der Waals surface area contributed by atoms with Crippen molar-refractivity contribution >= 4 is 52.7 Å². The molecule has 4 heterocycles. The molecule has 24 heteroatoms. The Balaban J connectivity index is 1.09. The van der Waals surface area contributed by atoms with Gasteiger partial charge in [0, 0.05) is 77.4 Å². The van der Waals surface area contributed by atoms with Crippen molar-refractivity contribution in [2.24, 2.45) is 5.92 Å². The molecule has 6 atom stereocenters. The highest BCUT2D eigenvalue weighted by molar-refractivity contribution is 5.96. The predicted octanol–water partition coefficient (Wildman–Crippen LogP) is 4.09. The molecular formula is C43H49N9O15. The van der Waals surface area contributed by atoms with Crippen LogP contribution in [0.4, 0.5) is 15.3 Å². The summed E-state index contributed by atoms with van der Waals surface area (Å²) in [6.07, 6.45) is 1.62. The number of hydrogen-bond acceptors (Lipinski definition) is 19. The highest BCUT2D eigenvalue weighted by Gasteiger charge is 2.56. The van der Waals surface area contributed by atoms with E-state index in [2.05, 4.69) is 21.1 Å². The zero-order chi connectivity index (χ0) is 48.5. The zero-order valence-electron chi connectivity index (χ0n) is 37.5. The summed E-state index contributed by atoms with van der Waals surface area (Å²) in [5.41, 5.74) is 1.14. The van der Waals surface area contributed by atoms with E-state index in [1.54, 1.807) is 25.5 Å². The third-order valence-corrected chi connectivity index (χ3v) is 11.2. The number of amides is 2. The molecule has 2 amide bonds. The molecule has 4 aromatic rings. The van der Waals surface area contributed by atoms with Gasteiger partial charge in [0.1, 0.15) is 12.9 Å². The van der Waals surface area contributed by atoms with Gasteiger partial charge in [-0.05, 0) is 36.5 Å². The normalized spacial score (nSPS) is 19.6. The van der Waals surface area contributed by atoms with Crippen molar-refractivity contribution in [1.29, 1.82) is 5.26 Å². The molecule has 0 bridgehead atoms. The molecule has 6 rings (SSSR count). The lowest BCUT2D eigenvalue weighted by atomic mass is 9.96. The van der Waals surface area contributed by atoms with Gasteiger partial charge in [0.15, 0.2) is 29.7 Å². The summed E-state index contributed by atoms with van der Waals surface area (Å²) in [5.74, 6) is -3.98. The lowest BCUT2D eigenvalue weighted by molar-refractivity contribution is -0.387. The van der Waals surface area contributed by atoms with E-state index in [1.807, 2.05) is 10.9 Å². The number of carbonyl (C=O) groups is 6. The number of esters is 4. The van der Waals surface area contributed by atoms with Gasteiger partial charge >= 0.3 is 41.7 Å². The van der Waals surface area contributed by atoms with Crippen molar-refractivity contribution < 1.29 is 66.8 Å². The Labute approximate surface area is 382 Å². The van der Waals surface area contributed by atoms with Crippen molar-refractivity contribution in [3.05, 3.63) is 64.9 Å². The molecule has 2 fully saturated rings. The second-order valence-corrected chi connectivity index (χ2v) is 15.9. The van der Waals surface area contributed by atoms with Crippen molar-refractivity contribution in [3.8, 4) is 23.1 Å². The van der Waals surface area contributed by atoms with Gasteiger partial charge in [-0.3, -0.25) is 33.7 Å². The van der Waals surface area contributed by atoms with Crippen LogP contribution in [0.2, 0.25) is 0 Å². The summed E-state index contributed by atoms with van der Waals surface area (Å²) in [5, 5.41) is 27.0. The van der Waals surface area contributed by atoms with E-state index in [1.165, 1.54) is 33.8 Å². The van der Waals surface area contributed by atoms with E-state index in [-0.39, 0.29) is 24.7 Å². The molecule has 2 aliphatic rings. The number of hydrogen-bond donors (Lipinski definition) is 0. The highest BCUT2D eigenvalue weighted by Crippen LogP contribution is 2.38. The topological polar surface area (TPSA) is 289 Å². The third kappa shape index (κ3) is 11.4. The lowest BCUT2D eigenvalue weighted by Gasteiger charge is -2.42. The molecule has 1 aromatic carbocycles. The van der Waals surface area contributed by atoms with Gasteiger partial charge in [0.25, 0.3) is 0 Å². The van der Waals surface area contributed by atoms with E-state index < -0.39 is 89.7 Å². The number of nitrogens with zero attached hydrogens (tertiary/aromatic N) is 9. The maximum atomic E-state index is 13.6. The molecule has 1 saturated heterocycles. The number of nitro groups is 1. The summed E-state index contributed by atoms with van der Waals surface area (Å²) < 4.78 is 40.8. The average Bonchev–Trinajstić information content (AvgIpc) is 4.10. The molecule has 356 valence electrons. The quantitative estimate of drug-likeness (QED) is 0.0661. The first-order valence-electron chi connectivity index (χ1n) is 21.1. The predicted molar refractivity (Wildman–Crippen MR) is 227 cm³/mol. The second kappa shape index (κ2) is 21.5. The smallest absolute Gasteiger partial charge is 0.409 e. The van der Waals surface area contributed by atoms with Crippen LogP contribution in [-0.2, 0) is 54.2 Å². The maximum absolute atomic E-state index is 13.6. The number of rotatable bonds is 16. The molecule has 1 aliphatic heterocycles. The molecule has 1 unspecified atom stereocenters. The maximum Gasteiger partial charge on any atom is 0.409 e. The minimum atomic E-state index is -1.86. The van der Waals surface area contributed by atoms with Crippen LogP contribution >= 0.6 is 0 Å². The highest BCUT2D eigenvalue weighted by atomic mass is 16.7. The van der Waals surface area contributed by atoms with Gasteiger partial charge in [0.05, 0.1) is 42.5 Å². The molecule has 1 aliphatic carbocycles. The minimum Gasteiger partial charge on any atom is -0.467 e. The SMILES string of the molecule is COC(=O)[C@H]1O[C@@H](Oc2ccc(COC(=O)N(C)CCN(C)C(=O)n3ccc4c(-c5cnn(C(CC#N)C6CCCC6)c5)ncnc43)cc2[N+](=O)[O-])[C@H](OC(C)=O)[C@@H](OC(C)=O)[C@@H]1OC(C)=O.